The van der Waals surface area contributed by atoms with Gasteiger partial charge in [0.15, 0.2) is 0 Å². The maximum absolute atomic E-state index is 11.2. The van der Waals surface area contributed by atoms with E-state index in [9.17, 15) is 10.1 Å². The number of aromatic nitrogens is 1. The Morgan fingerprint density at radius 3 is 2.50 bits per heavy atom. The number of nitriles is 1. The Hall–Kier alpha value is -2.83. The quantitative estimate of drug-likeness (QED) is 0.361. The standard InChI is InChI=1S/C26H30N4OS/c1-5-22-23(16-27)26(29-25(24(22)28-4)30-14-12-18(2)13-15-30)32-17-21-10-8-20(9-11-21)7-6-19(3)31/h8-11,18H,5-7,12-15,17H2,1-3H3. The topological polar surface area (TPSA) is 61.4 Å². The fourth-order valence-corrected chi connectivity index (χ4v) is 4.94. The molecule has 1 saturated heterocycles. The average Bonchev–Trinajstić information content (AvgIpc) is 2.81. The number of pyridine rings is 1. The van der Waals surface area contributed by atoms with Crippen LogP contribution in [0.3, 0.4) is 0 Å². The van der Waals surface area contributed by atoms with Gasteiger partial charge in [0.25, 0.3) is 0 Å². The van der Waals surface area contributed by atoms with E-state index in [1.165, 1.54) is 0 Å². The number of nitrogens with zero attached hydrogens (tertiary/aromatic N) is 4. The van der Waals surface area contributed by atoms with Crippen molar-refractivity contribution in [1.82, 2.24) is 4.98 Å². The Balaban J connectivity index is 1.85. The minimum atomic E-state index is 0.202. The van der Waals surface area contributed by atoms with Gasteiger partial charge >= 0.3 is 0 Å². The zero-order valence-corrected chi connectivity index (χ0v) is 20.0. The maximum atomic E-state index is 11.2. The van der Waals surface area contributed by atoms with Crippen LogP contribution in [0.4, 0.5) is 11.5 Å². The number of rotatable bonds is 8. The molecule has 1 aromatic carbocycles. The number of anilines is 1. The van der Waals surface area contributed by atoms with Crippen LogP contribution in [0, 0.1) is 23.8 Å². The molecule has 0 radical (unpaired) electrons. The van der Waals surface area contributed by atoms with Crippen LogP contribution in [0.1, 0.15) is 62.3 Å². The molecule has 1 aliphatic heterocycles. The number of benzene rings is 1. The van der Waals surface area contributed by atoms with E-state index in [-0.39, 0.29) is 5.78 Å². The lowest BCUT2D eigenvalue weighted by atomic mass is 9.98. The average molecular weight is 447 g/mol. The predicted molar refractivity (Wildman–Crippen MR) is 130 cm³/mol. The lowest BCUT2D eigenvalue weighted by Crippen LogP contribution is -2.33. The lowest BCUT2D eigenvalue weighted by Gasteiger charge is -2.32. The Bertz CT molecular complexity index is 1040. The molecule has 5 nitrogen and oxygen atoms in total. The van der Waals surface area contributed by atoms with E-state index in [4.69, 9.17) is 11.6 Å². The zero-order chi connectivity index (χ0) is 23.1. The van der Waals surface area contributed by atoms with E-state index >= 15 is 0 Å². The van der Waals surface area contributed by atoms with Gasteiger partial charge in [-0.05, 0) is 55.2 Å². The molecule has 0 bridgehead atoms. The Labute approximate surface area is 195 Å². The van der Waals surface area contributed by atoms with Gasteiger partial charge in [-0.3, -0.25) is 0 Å². The van der Waals surface area contributed by atoms with Crippen molar-refractivity contribution in [2.45, 2.75) is 63.7 Å². The molecule has 0 amide bonds. The molecule has 0 N–H and O–H groups in total. The molecule has 166 valence electrons. The first-order valence-electron chi connectivity index (χ1n) is 11.3. The first-order valence-corrected chi connectivity index (χ1v) is 12.2. The van der Waals surface area contributed by atoms with Gasteiger partial charge in [-0.2, -0.15) is 5.26 Å². The van der Waals surface area contributed by atoms with Crippen molar-refractivity contribution in [2.75, 3.05) is 18.0 Å². The van der Waals surface area contributed by atoms with Crippen LogP contribution in [-0.4, -0.2) is 23.9 Å². The number of Topliss-reactive ketones (excluding diaryl/α,β-unsaturated/α-hetero) is 1. The highest BCUT2D eigenvalue weighted by Gasteiger charge is 2.25. The smallest absolute Gasteiger partial charge is 0.232 e. The van der Waals surface area contributed by atoms with E-state index in [2.05, 4.69) is 47.0 Å². The molecule has 2 heterocycles. The summed E-state index contributed by atoms with van der Waals surface area (Å²) in [7, 11) is 0. The van der Waals surface area contributed by atoms with E-state index in [0.29, 0.717) is 40.8 Å². The van der Waals surface area contributed by atoms with Gasteiger partial charge in [-0.15, -0.1) is 11.8 Å². The minimum absolute atomic E-state index is 0.202. The Morgan fingerprint density at radius 2 is 1.94 bits per heavy atom. The molecule has 1 aromatic heterocycles. The normalized spacial score (nSPS) is 14.1. The van der Waals surface area contributed by atoms with Crippen LogP contribution in [0.15, 0.2) is 29.3 Å². The highest BCUT2D eigenvalue weighted by molar-refractivity contribution is 7.98. The number of ketones is 1. The summed E-state index contributed by atoms with van der Waals surface area (Å²) in [6.07, 6.45) is 4.16. The van der Waals surface area contributed by atoms with E-state index in [1.807, 2.05) is 6.92 Å². The van der Waals surface area contributed by atoms with Crippen molar-refractivity contribution in [3.05, 3.63) is 57.9 Å². The van der Waals surface area contributed by atoms with Gasteiger partial charge in [-0.25, -0.2) is 9.83 Å². The number of hydrogen-bond acceptors (Lipinski definition) is 5. The Morgan fingerprint density at radius 1 is 1.28 bits per heavy atom. The van der Waals surface area contributed by atoms with Crippen molar-refractivity contribution in [3.8, 4) is 6.07 Å². The van der Waals surface area contributed by atoms with Crippen LogP contribution in [-0.2, 0) is 23.4 Å². The molecule has 0 atom stereocenters. The van der Waals surface area contributed by atoms with Gasteiger partial charge in [0.05, 0.1) is 12.1 Å². The summed E-state index contributed by atoms with van der Waals surface area (Å²) in [5.74, 6) is 2.34. The molecule has 3 rings (SSSR count). The number of carbonyl (C=O) groups excluding carboxylic acids is 1. The molecule has 2 aromatic rings. The summed E-state index contributed by atoms with van der Waals surface area (Å²) in [5.41, 5.74) is 4.19. The van der Waals surface area contributed by atoms with Crippen LogP contribution >= 0.6 is 11.8 Å². The first kappa shape index (κ1) is 23.8. The van der Waals surface area contributed by atoms with Gasteiger partial charge < -0.3 is 9.69 Å². The third-order valence-electron chi connectivity index (χ3n) is 6.05. The fourth-order valence-electron chi connectivity index (χ4n) is 3.98. The molecular weight excluding hydrogens is 416 g/mol. The largest absolute Gasteiger partial charge is 0.365 e. The van der Waals surface area contributed by atoms with E-state index in [1.54, 1.807) is 18.7 Å². The molecule has 0 aliphatic carbocycles. The van der Waals surface area contributed by atoms with Crippen LogP contribution in [0.25, 0.3) is 4.85 Å². The summed E-state index contributed by atoms with van der Waals surface area (Å²) in [6.45, 7) is 15.5. The number of aryl methyl sites for hydroxylation is 1. The maximum Gasteiger partial charge on any atom is 0.232 e. The molecule has 32 heavy (non-hydrogen) atoms. The molecule has 0 spiro atoms. The molecule has 0 saturated carbocycles. The summed E-state index contributed by atoms with van der Waals surface area (Å²) in [5, 5.41) is 10.6. The van der Waals surface area contributed by atoms with E-state index in [0.717, 1.165) is 54.9 Å². The summed E-state index contributed by atoms with van der Waals surface area (Å²) < 4.78 is 0. The first-order chi connectivity index (χ1) is 15.5. The van der Waals surface area contributed by atoms with Crippen molar-refractivity contribution < 1.29 is 4.79 Å². The van der Waals surface area contributed by atoms with Gasteiger partial charge in [0, 0.05) is 25.3 Å². The van der Waals surface area contributed by atoms with Crippen molar-refractivity contribution in [3.63, 3.8) is 0 Å². The van der Waals surface area contributed by atoms with Gasteiger partial charge in [0.2, 0.25) is 5.69 Å². The summed E-state index contributed by atoms with van der Waals surface area (Å²) in [6, 6.07) is 10.6. The molecule has 0 unspecified atom stereocenters. The van der Waals surface area contributed by atoms with Crippen LogP contribution < -0.4 is 4.90 Å². The second-order valence-electron chi connectivity index (χ2n) is 8.50. The molecule has 1 aliphatic rings. The van der Waals surface area contributed by atoms with Gasteiger partial charge in [-0.1, -0.05) is 38.1 Å². The third kappa shape index (κ3) is 5.69. The zero-order valence-electron chi connectivity index (χ0n) is 19.1. The van der Waals surface area contributed by atoms with Crippen molar-refractivity contribution in [1.29, 1.82) is 5.26 Å². The highest BCUT2D eigenvalue weighted by atomic mass is 32.2. The van der Waals surface area contributed by atoms with Crippen molar-refractivity contribution >= 4 is 29.1 Å². The van der Waals surface area contributed by atoms with Crippen LogP contribution in [0.5, 0.6) is 0 Å². The number of hydrogen-bond donors (Lipinski definition) is 0. The molecule has 1 fully saturated rings. The third-order valence-corrected chi connectivity index (χ3v) is 7.09. The number of piperidine rings is 1. The molecule has 6 heteroatoms. The van der Waals surface area contributed by atoms with E-state index < -0.39 is 0 Å². The SMILES string of the molecule is [C-]#[N+]c1c(N2CCC(C)CC2)nc(SCc2ccc(CCC(C)=O)cc2)c(C#N)c1CC. The van der Waals surface area contributed by atoms with Crippen molar-refractivity contribution in [2.24, 2.45) is 5.92 Å². The number of thioether (sulfide) groups is 1. The monoisotopic (exact) mass is 446 g/mol. The van der Waals surface area contributed by atoms with Gasteiger partial charge in [0.1, 0.15) is 22.7 Å². The fraction of sp³-hybridized carbons (Fsp3) is 0.462. The lowest BCUT2D eigenvalue weighted by molar-refractivity contribution is -0.116. The second-order valence-corrected chi connectivity index (χ2v) is 9.46. The second kappa shape index (κ2) is 11.2. The highest BCUT2D eigenvalue weighted by Crippen LogP contribution is 2.40. The minimum Gasteiger partial charge on any atom is -0.365 e. The Kier molecular flexibility index (Phi) is 8.31. The predicted octanol–water partition coefficient (Wildman–Crippen LogP) is 6.12. The molecular formula is C26H30N4OS. The van der Waals surface area contributed by atoms with Crippen LogP contribution in [0.2, 0.25) is 0 Å². The summed E-state index contributed by atoms with van der Waals surface area (Å²) in [4.78, 5) is 22.1. The summed E-state index contributed by atoms with van der Waals surface area (Å²) >= 11 is 1.56. The number of carbonyl (C=O) groups is 1.